The van der Waals surface area contributed by atoms with Gasteiger partial charge in [-0.25, -0.2) is 4.79 Å². The summed E-state index contributed by atoms with van der Waals surface area (Å²) < 4.78 is 0. The molecule has 3 N–H and O–H groups in total. The normalized spacial score (nSPS) is 10.5. The van der Waals surface area contributed by atoms with E-state index in [1.165, 1.54) is 0 Å². The minimum absolute atomic E-state index is 0.178. The molecule has 0 aliphatic rings. The number of hydrogen-bond donors (Lipinski definition) is 3. The number of carbonyl (C=O) groups excluding carboxylic acids is 1. The van der Waals surface area contributed by atoms with Crippen LogP contribution in [0.4, 0.5) is 16.2 Å². The number of aromatic hydroxyl groups is 1. The van der Waals surface area contributed by atoms with Gasteiger partial charge < -0.3 is 15.7 Å². The van der Waals surface area contributed by atoms with Crippen LogP contribution in [0, 0.1) is 6.92 Å². The Morgan fingerprint density at radius 3 is 2.48 bits per heavy atom. The molecular weight excluding hydrogens is 312 g/mol. The van der Waals surface area contributed by atoms with Crippen molar-refractivity contribution in [2.45, 2.75) is 6.92 Å². The molecule has 116 valence electrons. The number of halogens is 1. The van der Waals surface area contributed by atoms with E-state index < -0.39 is 0 Å². The molecule has 0 fully saturated rings. The molecule has 0 unspecified atom stereocenters. The van der Waals surface area contributed by atoms with E-state index in [0.29, 0.717) is 21.8 Å². The summed E-state index contributed by atoms with van der Waals surface area (Å²) in [7, 11) is 0. The van der Waals surface area contributed by atoms with E-state index in [-0.39, 0.29) is 11.8 Å². The summed E-state index contributed by atoms with van der Waals surface area (Å²) >= 11 is 5.96. The van der Waals surface area contributed by atoms with Crippen molar-refractivity contribution in [3.05, 3.63) is 65.2 Å². The molecule has 4 nitrogen and oxygen atoms in total. The minimum Gasteiger partial charge on any atom is -0.507 e. The second-order valence-corrected chi connectivity index (χ2v) is 5.65. The van der Waals surface area contributed by atoms with Gasteiger partial charge in [-0.3, -0.25) is 0 Å². The monoisotopic (exact) mass is 326 g/mol. The summed E-state index contributed by atoms with van der Waals surface area (Å²) in [5.74, 6) is 0.178. The quantitative estimate of drug-likeness (QED) is 0.609. The molecule has 23 heavy (non-hydrogen) atoms. The second kappa shape index (κ2) is 6.18. The lowest BCUT2D eigenvalue weighted by atomic mass is 10.1. The molecule has 0 aliphatic heterocycles. The van der Waals surface area contributed by atoms with Gasteiger partial charge in [0.25, 0.3) is 0 Å². The third-order valence-electron chi connectivity index (χ3n) is 3.60. The number of rotatable bonds is 2. The van der Waals surface area contributed by atoms with Crippen LogP contribution in [0.3, 0.4) is 0 Å². The number of anilines is 2. The van der Waals surface area contributed by atoms with E-state index in [1.807, 2.05) is 19.1 Å². The number of nitrogens with one attached hydrogen (secondary N) is 2. The van der Waals surface area contributed by atoms with E-state index in [2.05, 4.69) is 10.6 Å². The molecular formula is C18H15ClN2O2. The summed E-state index contributed by atoms with van der Waals surface area (Å²) in [6, 6.07) is 15.5. The van der Waals surface area contributed by atoms with E-state index in [0.717, 1.165) is 10.9 Å². The van der Waals surface area contributed by atoms with E-state index >= 15 is 0 Å². The van der Waals surface area contributed by atoms with Gasteiger partial charge in [0.15, 0.2) is 0 Å². The number of phenols is 1. The molecule has 0 spiro atoms. The van der Waals surface area contributed by atoms with Crippen LogP contribution in [0.2, 0.25) is 5.02 Å². The summed E-state index contributed by atoms with van der Waals surface area (Å²) in [6.45, 7) is 1.89. The molecule has 2 amide bonds. The van der Waals surface area contributed by atoms with Crippen molar-refractivity contribution in [1.82, 2.24) is 0 Å². The zero-order valence-corrected chi connectivity index (χ0v) is 13.2. The summed E-state index contributed by atoms with van der Waals surface area (Å²) in [6.07, 6.45) is 0. The van der Waals surface area contributed by atoms with Crippen LogP contribution in [-0.2, 0) is 0 Å². The number of urea groups is 1. The fourth-order valence-electron chi connectivity index (χ4n) is 2.41. The number of hydrogen-bond acceptors (Lipinski definition) is 2. The number of carbonyl (C=O) groups is 1. The van der Waals surface area contributed by atoms with Gasteiger partial charge >= 0.3 is 6.03 Å². The zero-order valence-electron chi connectivity index (χ0n) is 12.4. The first-order valence-corrected chi connectivity index (χ1v) is 7.47. The number of fused-ring (bicyclic) bond motifs is 1. The molecule has 3 aromatic carbocycles. The minimum atomic E-state index is -0.369. The van der Waals surface area contributed by atoms with Crippen LogP contribution in [-0.4, -0.2) is 11.1 Å². The standard InChI is InChI=1S/C18H15ClN2O2/c1-11-8-9-12(19)10-16(11)21-18(23)20-15-6-2-5-14-13(15)4-3-7-17(14)22/h2-10,22H,1H3,(H2,20,21,23). The third kappa shape index (κ3) is 3.22. The van der Waals surface area contributed by atoms with E-state index in [1.54, 1.807) is 42.5 Å². The molecule has 0 saturated carbocycles. The number of phenolic OH excluding ortho intramolecular Hbond substituents is 1. The Bertz CT molecular complexity index is 893. The molecule has 3 aromatic rings. The molecule has 0 aromatic heterocycles. The molecule has 0 radical (unpaired) electrons. The van der Waals surface area contributed by atoms with Gasteiger partial charge in [0.05, 0.1) is 5.69 Å². The predicted octanol–water partition coefficient (Wildman–Crippen LogP) is 5.15. The smallest absolute Gasteiger partial charge is 0.323 e. The highest BCUT2D eigenvalue weighted by atomic mass is 35.5. The largest absolute Gasteiger partial charge is 0.507 e. The first-order valence-electron chi connectivity index (χ1n) is 7.09. The Morgan fingerprint density at radius 2 is 1.65 bits per heavy atom. The molecule has 0 heterocycles. The number of benzene rings is 3. The van der Waals surface area contributed by atoms with Gasteiger partial charge in [-0.05, 0) is 36.8 Å². The number of aryl methyl sites for hydroxylation is 1. The van der Waals surface area contributed by atoms with Crippen LogP contribution < -0.4 is 10.6 Å². The third-order valence-corrected chi connectivity index (χ3v) is 3.83. The van der Waals surface area contributed by atoms with Crippen molar-refractivity contribution in [1.29, 1.82) is 0 Å². The maximum atomic E-state index is 12.2. The summed E-state index contributed by atoms with van der Waals surface area (Å²) in [4.78, 5) is 12.2. The molecule has 0 saturated heterocycles. The van der Waals surface area contributed by atoms with E-state index in [4.69, 9.17) is 11.6 Å². The molecule has 0 bridgehead atoms. The highest BCUT2D eigenvalue weighted by Crippen LogP contribution is 2.30. The fraction of sp³-hybridized carbons (Fsp3) is 0.0556. The van der Waals surface area contributed by atoms with E-state index in [9.17, 15) is 9.90 Å². The predicted molar refractivity (Wildman–Crippen MR) is 94.4 cm³/mol. The number of amides is 2. The van der Waals surface area contributed by atoms with Crippen molar-refractivity contribution >= 4 is 39.8 Å². The van der Waals surface area contributed by atoms with Crippen molar-refractivity contribution in [3.63, 3.8) is 0 Å². The molecule has 0 atom stereocenters. The summed E-state index contributed by atoms with van der Waals surface area (Å²) in [5, 5.41) is 17.5. The van der Waals surface area contributed by atoms with Gasteiger partial charge in [-0.2, -0.15) is 0 Å². The van der Waals surface area contributed by atoms with Crippen molar-refractivity contribution in [3.8, 4) is 5.75 Å². The van der Waals surface area contributed by atoms with Crippen LogP contribution in [0.15, 0.2) is 54.6 Å². The summed E-state index contributed by atoms with van der Waals surface area (Å²) in [5.41, 5.74) is 2.19. The van der Waals surface area contributed by atoms with Gasteiger partial charge in [0.2, 0.25) is 0 Å². The van der Waals surface area contributed by atoms with Crippen LogP contribution in [0.5, 0.6) is 5.75 Å². The van der Waals surface area contributed by atoms with Gasteiger partial charge in [-0.1, -0.05) is 41.9 Å². The average Bonchev–Trinajstić information content (AvgIpc) is 2.52. The van der Waals surface area contributed by atoms with Crippen LogP contribution in [0.1, 0.15) is 5.56 Å². The Hall–Kier alpha value is -2.72. The Kier molecular flexibility index (Phi) is 4.08. The SMILES string of the molecule is Cc1ccc(Cl)cc1NC(=O)Nc1cccc2c(O)cccc12. The van der Waals surface area contributed by atoms with Crippen molar-refractivity contribution in [2.24, 2.45) is 0 Å². The zero-order chi connectivity index (χ0) is 16.4. The Morgan fingerprint density at radius 1 is 0.957 bits per heavy atom. The first-order chi connectivity index (χ1) is 11.0. The topological polar surface area (TPSA) is 61.4 Å². The lowest BCUT2D eigenvalue weighted by molar-refractivity contribution is 0.262. The average molecular weight is 327 g/mol. The van der Waals surface area contributed by atoms with Gasteiger partial charge in [-0.15, -0.1) is 0 Å². The first kappa shape index (κ1) is 15.2. The van der Waals surface area contributed by atoms with Crippen LogP contribution in [0.25, 0.3) is 10.8 Å². The highest BCUT2D eigenvalue weighted by molar-refractivity contribution is 6.31. The molecule has 5 heteroatoms. The second-order valence-electron chi connectivity index (χ2n) is 5.22. The fourth-order valence-corrected chi connectivity index (χ4v) is 2.58. The highest BCUT2D eigenvalue weighted by Gasteiger charge is 2.09. The lowest BCUT2D eigenvalue weighted by Gasteiger charge is -2.12. The van der Waals surface area contributed by atoms with Crippen LogP contribution >= 0.6 is 11.6 Å². The lowest BCUT2D eigenvalue weighted by Crippen LogP contribution is -2.20. The molecule has 3 rings (SSSR count). The Balaban J connectivity index is 1.86. The maximum absolute atomic E-state index is 12.2. The van der Waals surface area contributed by atoms with Gasteiger partial charge in [0, 0.05) is 21.5 Å². The molecule has 0 aliphatic carbocycles. The Labute approximate surface area is 138 Å². The van der Waals surface area contributed by atoms with Crippen molar-refractivity contribution < 1.29 is 9.90 Å². The maximum Gasteiger partial charge on any atom is 0.323 e. The van der Waals surface area contributed by atoms with Crippen molar-refractivity contribution in [2.75, 3.05) is 10.6 Å². The van der Waals surface area contributed by atoms with Gasteiger partial charge in [0.1, 0.15) is 5.75 Å².